The van der Waals surface area contributed by atoms with Gasteiger partial charge in [0.15, 0.2) is 0 Å². The summed E-state index contributed by atoms with van der Waals surface area (Å²) in [7, 11) is 0. The van der Waals surface area contributed by atoms with Crippen LogP contribution < -0.4 is 5.32 Å². The highest BCUT2D eigenvalue weighted by Crippen LogP contribution is 2.42. The molecule has 1 fully saturated rings. The van der Waals surface area contributed by atoms with Crippen molar-refractivity contribution in [2.24, 2.45) is 0 Å². The molecule has 1 saturated heterocycles. The summed E-state index contributed by atoms with van der Waals surface area (Å²) in [6.45, 7) is 2.89. The van der Waals surface area contributed by atoms with Crippen molar-refractivity contribution >= 4 is 23.2 Å². The topological polar surface area (TPSA) is 32.3 Å². The number of piperidine rings is 1. The molecule has 0 unspecified atom stereocenters. The average Bonchev–Trinajstić information content (AvgIpc) is 2.82. The molecule has 4 heteroatoms. The third-order valence-electron chi connectivity index (χ3n) is 5.15. The minimum absolute atomic E-state index is 0.0915. The van der Waals surface area contributed by atoms with Gasteiger partial charge in [0.05, 0.1) is 5.41 Å². The number of rotatable bonds is 2. The van der Waals surface area contributed by atoms with Crippen LogP contribution >= 0.6 is 11.6 Å². The summed E-state index contributed by atoms with van der Waals surface area (Å²) in [5, 5.41) is 3.73. The van der Waals surface area contributed by atoms with Gasteiger partial charge >= 0.3 is 0 Å². The Morgan fingerprint density at radius 3 is 2.65 bits per heavy atom. The maximum absolute atomic E-state index is 13.2. The van der Waals surface area contributed by atoms with Gasteiger partial charge < -0.3 is 5.32 Å². The molecule has 2 aromatic carbocycles. The van der Waals surface area contributed by atoms with E-state index < -0.39 is 5.41 Å². The smallest absolute Gasteiger partial charge is 0.235 e. The van der Waals surface area contributed by atoms with Crippen molar-refractivity contribution in [3.8, 4) is 0 Å². The average molecular weight is 327 g/mol. The van der Waals surface area contributed by atoms with Crippen LogP contribution in [-0.2, 0) is 16.8 Å². The van der Waals surface area contributed by atoms with Crippen LogP contribution in [0.2, 0.25) is 5.02 Å². The fourth-order valence-corrected chi connectivity index (χ4v) is 4.08. The number of hydrogen-bond donors (Lipinski definition) is 1. The fourth-order valence-electron chi connectivity index (χ4n) is 3.89. The van der Waals surface area contributed by atoms with Crippen LogP contribution in [-0.4, -0.2) is 23.9 Å². The number of benzene rings is 2. The van der Waals surface area contributed by atoms with Crippen molar-refractivity contribution in [3.05, 3.63) is 64.7 Å². The van der Waals surface area contributed by atoms with Gasteiger partial charge in [-0.2, -0.15) is 0 Å². The van der Waals surface area contributed by atoms with Crippen molar-refractivity contribution in [1.29, 1.82) is 0 Å². The Morgan fingerprint density at radius 2 is 1.87 bits per heavy atom. The van der Waals surface area contributed by atoms with Gasteiger partial charge in [-0.25, -0.2) is 0 Å². The van der Waals surface area contributed by atoms with Crippen molar-refractivity contribution in [2.45, 2.75) is 24.8 Å². The maximum Gasteiger partial charge on any atom is 0.235 e. The number of hydrogen-bond acceptors (Lipinski definition) is 2. The van der Waals surface area contributed by atoms with Gasteiger partial charge in [-0.15, -0.1) is 0 Å². The molecule has 1 amide bonds. The molecule has 0 spiro atoms. The molecule has 0 radical (unpaired) electrons. The number of carbonyl (C=O) groups excluding carboxylic acids is 1. The minimum Gasteiger partial charge on any atom is -0.325 e. The highest BCUT2D eigenvalue weighted by atomic mass is 35.5. The highest BCUT2D eigenvalue weighted by molar-refractivity contribution is 6.30. The van der Waals surface area contributed by atoms with Gasteiger partial charge in [0.25, 0.3) is 0 Å². The summed E-state index contributed by atoms with van der Waals surface area (Å²) in [5.41, 5.74) is 2.82. The van der Waals surface area contributed by atoms with Gasteiger partial charge in [-0.1, -0.05) is 41.9 Å². The first-order chi connectivity index (χ1) is 11.2. The Bertz CT molecular complexity index is 751. The molecule has 3 aliphatic rings. The lowest BCUT2D eigenvalue weighted by molar-refractivity contribution is -0.123. The number of amides is 1. The summed E-state index contributed by atoms with van der Waals surface area (Å²) in [5.74, 6) is 0.0915. The second-order valence-electron chi connectivity index (χ2n) is 6.48. The first kappa shape index (κ1) is 14.7. The van der Waals surface area contributed by atoms with E-state index in [0.717, 1.165) is 38.2 Å². The monoisotopic (exact) mass is 326 g/mol. The van der Waals surface area contributed by atoms with Crippen molar-refractivity contribution in [2.75, 3.05) is 18.4 Å². The van der Waals surface area contributed by atoms with Crippen LogP contribution in [0.3, 0.4) is 0 Å². The van der Waals surface area contributed by atoms with E-state index in [1.807, 2.05) is 24.3 Å². The molecule has 118 valence electrons. The molecule has 23 heavy (non-hydrogen) atoms. The van der Waals surface area contributed by atoms with E-state index >= 15 is 0 Å². The number of nitrogens with zero attached hydrogens (tertiary/aromatic N) is 1. The zero-order chi connectivity index (χ0) is 15.9. The Balaban J connectivity index is 1.72. The Labute approximate surface area is 141 Å². The fraction of sp³-hybridized carbons (Fsp3) is 0.316. The number of nitrogens with one attached hydrogen (secondary N) is 1. The summed E-state index contributed by atoms with van der Waals surface area (Å²) in [4.78, 5) is 15.6. The normalized spacial score (nSPS) is 25.5. The van der Waals surface area contributed by atoms with Crippen molar-refractivity contribution in [3.63, 3.8) is 0 Å². The van der Waals surface area contributed by atoms with Crippen LogP contribution in [0.1, 0.15) is 24.0 Å². The minimum atomic E-state index is -0.425. The molecule has 0 atom stereocenters. The molecule has 3 aliphatic heterocycles. The van der Waals surface area contributed by atoms with Crippen LogP contribution in [0.4, 0.5) is 5.69 Å². The lowest BCUT2D eigenvalue weighted by Gasteiger charge is -2.37. The van der Waals surface area contributed by atoms with Gasteiger partial charge in [0.2, 0.25) is 5.91 Å². The van der Waals surface area contributed by atoms with Crippen LogP contribution in [0.5, 0.6) is 0 Å². The Morgan fingerprint density at radius 1 is 1.09 bits per heavy atom. The van der Waals surface area contributed by atoms with E-state index in [4.69, 9.17) is 11.6 Å². The van der Waals surface area contributed by atoms with E-state index in [-0.39, 0.29) is 5.91 Å². The second kappa shape index (κ2) is 5.66. The lowest BCUT2D eigenvalue weighted by atomic mass is 9.72. The molecular weight excluding hydrogens is 308 g/mol. The summed E-state index contributed by atoms with van der Waals surface area (Å²) >= 11 is 6.04. The molecule has 1 N–H and O–H groups in total. The summed E-state index contributed by atoms with van der Waals surface area (Å²) in [6.07, 6.45) is 1.74. The van der Waals surface area contributed by atoms with E-state index in [2.05, 4.69) is 28.4 Å². The van der Waals surface area contributed by atoms with Gasteiger partial charge in [-0.3, -0.25) is 9.69 Å². The Hall–Kier alpha value is -1.84. The van der Waals surface area contributed by atoms with Crippen LogP contribution in [0, 0.1) is 0 Å². The lowest BCUT2D eigenvalue weighted by Crippen LogP contribution is -2.47. The van der Waals surface area contributed by atoms with Gasteiger partial charge in [0.1, 0.15) is 0 Å². The molecule has 2 bridgehead atoms. The van der Waals surface area contributed by atoms with Crippen LogP contribution in [0.15, 0.2) is 48.5 Å². The second-order valence-corrected chi connectivity index (χ2v) is 6.92. The number of anilines is 1. The van der Waals surface area contributed by atoms with Crippen molar-refractivity contribution in [1.82, 2.24) is 4.90 Å². The molecule has 0 aromatic heterocycles. The van der Waals surface area contributed by atoms with Gasteiger partial charge in [0, 0.05) is 17.3 Å². The summed E-state index contributed by atoms with van der Waals surface area (Å²) in [6, 6.07) is 15.7. The zero-order valence-corrected chi connectivity index (χ0v) is 13.6. The third-order valence-corrected chi connectivity index (χ3v) is 5.39. The van der Waals surface area contributed by atoms with E-state index in [0.29, 0.717) is 5.02 Å². The molecule has 3 heterocycles. The predicted octanol–water partition coefficient (Wildman–Crippen LogP) is 3.83. The highest BCUT2D eigenvalue weighted by Gasteiger charge is 2.46. The third kappa shape index (κ3) is 2.54. The SMILES string of the molecule is O=C(Nc1cccc(Cl)c1)C12CCN(CC1)Cc1ccccc12. The molecule has 3 nitrogen and oxygen atoms in total. The van der Waals surface area contributed by atoms with E-state index in [1.165, 1.54) is 11.1 Å². The number of halogens is 1. The first-order valence-electron chi connectivity index (χ1n) is 8.05. The first-order valence-corrected chi connectivity index (χ1v) is 8.43. The molecule has 2 aromatic rings. The maximum atomic E-state index is 13.2. The molecule has 0 aliphatic carbocycles. The molecule has 5 rings (SSSR count). The Kier molecular flexibility index (Phi) is 3.63. The number of fused-ring (bicyclic) bond motifs is 2. The zero-order valence-electron chi connectivity index (χ0n) is 12.9. The molecular formula is C19H19ClN2O. The van der Waals surface area contributed by atoms with E-state index in [9.17, 15) is 4.79 Å². The number of carbonyl (C=O) groups is 1. The van der Waals surface area contributed by atoms with Crippen molar-refractivity contribution < 1.29 is 4.79 Å². The van der Waals surface area contributed by atoms with Gasteiger partial charge in [-0.05, 0) is 55.3 Å². The quantitative estimate of drug-likeness (QED) is 0.909. The predicted molar refractivity (Wildman–Crippen MR) is 92.7 cm³/mol. The molecule has 0 saturated carbocycles. The largest absolute Gasteiger partial charge is 0.325 e. The summed E-state index contributed by atoms with van der Waals surface area (Å²) < 4.78 is 0. The standard InChI is InChI=1S/C19H19ClN2O/c20-15-5-3-6-16(12-15)21-18(23)19-8-10-22(11-9-19)13-14-4-1-2-7-17(14)19/h1-7,12H,8-11,13H2,(H,21,23). The van der Waals surface area contributed by atoms with Crippen LogP contribution in [0.25, 0.3) is 0 Å². The van der Waals surface area contributed by atoms with E-state index in [1.54, 1.807) is 6.07 Å².